The molecule has 0 rings (SSSR count). The highest BCUT2D eigenvalue weighted by Gasteiger charge is 2.21. The zero-order valence-electron chi connectivity index (χ0n) is 9.11. The molecule has 0 heterocycles. The summed E-state index contributed by atoms with van der Waals surface area (Å²) < 4.78 is 0. The summed E-state index contributed by atoms with van der Waals surface area (Å²) in [6.45, 7) is 11.5. The average Bonchev–Trinajstić information content (AvgIpc) is 1.98. The van der Waals surface area contributed by atoms with Gasteiger partial charge in [-0.1, -0.05) is 27.7 Å². The molecule has 0 aromatic heterocycles. The largest absolute Gasteiger partial charge is 0.315 e. The molecule has 0 saturated heterocycles. The van der Waals surface area contributed by atoms with Gasteiger partial charge in [0.15, 0.2) is 0 Å². The van der Waals surface area contributed by atoms with Gasteiger partial charge in [-0.25, -0.2) is 0 Å². The number of hydrogen-bond donors (Lipinski definition) is 1. The van der Waals surface area contributed by atoms with Gasteiger partial charge in [0.2, 0.25) is 0 Å². The highest BCUT2D eigenvalue weighted by Crippen LogP contribution is 2.24. The van der Waals surface area contributed by atoms with Crippen LogP contribution in [0.3, 0.4) is 0 Å². The smallest absolute Gasteiger partial charge is 0.00553 e. The van der Waals surface area contributed by atoms with Crippen molar-refractivity contribution in [3.63, 3.8) is 0 Å². The average molecular weight is 189 g/mol. The third-order valence-electron chi connectivity index (χ3n) is 2.63. The maximum Gasteiger partial charge on any atom is 0.00553 e. The standard InChI is InChI=1S/C10H23NS/c1-9(2)10(3,4)8-11-6-7-12-5/h9,11H,6-8H2,1-5H3. The van der Waals surface area contributed by atoms with Crippen LogP contribution in [0.1, 0.15) is 27.7 Å². The van der Waals surface area contributed by atoms with Crippen molar-refractivity contribution < 1.29 is 0 Å². The molecule has 1 N–H and O–H groups in total. The molecule has 0 unspecified atom stereocenters. The van der Waals surface area contributed by atoms with Gasteiger partial charge >= 0.3 is 0 Å². The molecule has 12 heavy (non-hydrogen) atoms. The predicted octanol–water partition coefficient (Wildman–Crippen LogP) is 2.62. The Morgan fingerprint density at radius 3 is 2.33 bits per heavy atom. The van der Waals surface area contributed by atoms with E-state index < -0.39 is 0 Å². The minimum absolute atomic E-state index is 0.429. The third kappa shape index (κ3) is 5.04. The highest BCUT2D eigenvalue weighted by molar-refractivity contribution is 7.98. The van der Waals surface area contributed by atoms with Crippen molar-refractivity contribution in [3.8, 4) is 0 Å². The van der Waals surface area contributed by atoms with Crippen molar-refractivity contribution in [1.29, 1.82) is 0 Å². The minimum atomic E-state index is 0.429. The molecule has 2 heteroatoms. The maximum absolute atomic E-state index is 3.49. The van der Waals surface area contributed by atoms with Gasteiger partial charge in [0.05, 0.1) is 0 Å². The van der Waals surface area contributed by atoms with E-state index in [0.717, 1.165) is 19.0 Å². The molecule has 0 fully saturated rings. The van der Waals surface area contributed by atoms with Gasteiger partial charge in [0.25, 0.3) is 0 Å². The molecule has 0 atom stereocenters. The summed E-state index contributed by atoms with van der Waals surface area (Å²) in [4.78, 5) is 0. The van der Waals surface area contributed by atoms with Crippen LogP contribution in [0.5, 0.6) is 0 Å². The molecule has 0 aromatic rings. The Labute approximate surface area is 81.7 Å². The molecule has 74 valence electrons. The fourth-order valence-electron chi connectivity index (χ4n) is 0.789. The first-order valence-corrected chi connectivity index (χ1v) is 6.09. The second-order valence-corrected chi connectivity index (χ2v) is 5.30. The first-order chi connectivity index (χ1) is 5.50. The van der Waals surface area contributed by atoms with E-state index in [0.29, 0.717) is 5.41 Å². The molecule has 1 nitrogen and oxygen atoms in total. The third-order valence-corrected chi connectivity index (χ3v) is 3.24. The second-order valence-electron chi connectivity index (χ2n) is 4.31. The van der Waals surface area contributed by atoms with Crippen LogP contribution in [0.4, 0.5) is 0 Å². The lowest BCUT2D eigenvalue weighted by Crippen LogP contribution is -2.34. The van der Waals surface area contributed by atoms with Crippen LogP contribution in [-0.2, 0) is 0 Å². The molecule has 0 spiro atoms. The molecule has 0 aliphatic rings. The topological polar surface area (TPSA) is 12.0 Å². The molecule has 0 radical (unpaired) electrons. The van der Waals surface area contributed by atoms with Crippen molar-refractivity contribution >= 4 is 11.8 Å². The molecule has 0 aliphatic heterocycles. The lowest BCUT2D eigenvalue weighted by atomic mass is 9.81. The lowest BCUT2D eigenvalue weighted by molar-refractivity contribution is 0.240. The second kappa shape index (κ2) is 5.87. The van der Waals surface area contributed by atoms with E-state index in [1.54, 1.807) is 0 Å². The summed E-state index contributed by atoms with van der Waals surface area (Å²) >= 11 is 1.90. The summed E-state index contributed by atoms with van der Waals surface area (Å²) in [5.74, 6) is 1.97. The van der Waals surface area contributed by atoms with Crippen LogP contribution in [0.15, 0.2) is 0 Å². The van der Waals surface area contributed by atoms with Crippen LogP contribution >= 0.6 is 11.8 Å². The van der Waals surface area contributed by atoms with Gasteiger partial charge in [-0.2, -0.15) is 11.8 Å². The Morgan fingerprint density at radius 1 is 1.33 bits per heavy atom. The molecule has 0 saturated carbocycles. The van der Waals surface area contributed by atoms with E-state index in [4.69, 9.17) is 0 Å². The van der Waals surface area contributed by atoms with Gasteiger partial charge in [0, 0.05) is 18.8 Å². The summed E-state index contributed by atoms with van der Waals surface area (Å²) in [6, 6.07) is 0. The zero-order chi connectivity index (χ0) is 9.61. The van der Waals surface area contributed by atoms with Crippen molar-refractivity contribution in [3.05, 3.63) is 0 Å². The highest BCUT2D eigenvalue weighted by atomic mass is 32.2. The fourth-order valence-corrected chi connectivity index (χ4v) is 1.14. The Hall–Kier alpha value is 0.310. The summed E-state index contributed by atoms with van der Waals surface area (Å²) in [7, 11) is 0. The molecule has 0 amide bonds. The molecular weight excluding hydrogens is 166 g/mol. The SMILES string of the molecule is CSCCNCC(C)(C)C(C)C. The van der Waals surface area contributed by atoms with E-state index in [-0.39, 0.29) is 0 Å². The Bertz CT molecular complexity index is 110. The van der Waals surface area contributed by atoms with Crippen molar-refractivity contribution in [2.75, 3.05) is 25.1 Å². The molecule has 0 bridgehead atoms. The predicted molar refractivity (Wildman–Crippen MR) is 59.9 cm³/mol. The van der Waals surface area contributed by atoms with Crippen LogP contribution in [0, 0.1) is 11.3 Å². The summed E-state index contributed by atoms with van der Waals surface area (Å²) in [5, 5.41) is 3.49. The molecular formula is C10H23NS. The first kappa shape index (κ1) is 12.3. The van der Waals surface area contributed by atoms with E-state index in [1.165, 1.54) is 5.75 Å². The van der Waals surface area contributed by atoms with E-state index in [1.807, 2.05) is 11.8 Å². The number of nitrogens with one attached hydrogen (secondary N) is 1. The quantitative estimate of drug-likeness (QED) is 0.645. The number of hydrogen-bond acceptors (Lipinski definition) is 2. The number of thioether (sulfide) groups is 1. The first-order valence-electron chi connectivity index (χ1n) is 4.70. The van der Waals surface area contributed by atoms with Crippen LogP contribution in [0.2, 0.25) is 0 Å². The lowest BCUT2D eigenvalue weighted by Gasteiger charge is -2.29. The Balaban J connectivity index is 3.47. The van der Waals surface area contributed by atoms with E-state index >= 15 is 0 Å². The van der Waals surface area contributed by atoms with Crippen LogP contribution in [-0.4, -0.2) is 25.1 Å². The molecule has 0 aromatic carbocycles. The summed E-state index contributed by atoms with van der Waals surface area (Å²) in [6.07, 6.45) is 2.15. The Morgan fingerprint density at radius 2 is 1.92 bits per heavy atom. The Kier molecular flexibility index (Phi) is 6.02. The fraction of sp³-hybridized carbons (Fsp3) is 1.00. The van der Waals surface area contributed by atoms with E-state index in [2.05, 4.69) is 39.3 Å². The van der Waals surface area contributed by atoms with Gasteiger partial charge in [0.1, 0.15) is 0 Å². The minimum Gasteiger partial charge on any atom is -0.315 e. The zero-order valence-corrected chi connectivity index (χ0v) is 9.92. The van der Waals surface area contributed by atoms with Gasteiger partial charge in [-0.15, -0.1) is 0 Å². The van der Waals surface area contributed by atoms with E-state index in [9.17, 15) is 0 Å². The van der Waals surface area contributed by atoms with Gasteiger partial charge in [-0.3, -0.25) is 0 Å². The summed E-state index contributed by atoms with van der Waals surface area (Å²) in [5.41, 5.74) is 0.429. The van der Waals surface area contributed by atoms with Gasteiger partial charge < -0.3 is 5.32 Å². The van der Waals surface area contributed by atoms with Crippen LogP contribution < -0.4 is 5.32 Å². The molecule has 0 aliphatic carbocycles. The monoisotopic (exact) mass is 189 g/mol. The van der Waals surface area contributed by atoms with Gasteiger partial charge in [-0.05, 0) is 17.6 Å². The van der Waals surface area contributed by atoms with Crippen LogP contribution in [0.25, 0.3) is 0 Å². The normalized spacial score (nSPS) is 12.5. The van der Waals surface area contributed by atoms with Crippen molar-refractivity contribution in [1.82, 2.24) is 5.32 Å². The van der Waals surface area contributed by atoms with Crippen molar-refractivity contribution in [2.45, 2.75) is 27.7 Å². The maximum atomic E-state index is 3.49. The van der Waals surface area contributed by atoms with Crippen molar-refractivity contribution in [2.24, 2.45) is 11.3 Å². The number of rotatable bonds is 6.